The zero-order chi connectivity index (χ0) is 15.2. The van der Waals surface area contributed by atoms with Crippen LogP contribution in [0.15, 0.2) is 23.1 Å². The summed E-state index contributed by atoms with van der Waals surface area (Å²) < 4.78 is 18.4. The Labute approximate surface area is 179 Å². The number of anilines is 1. The molecule has 0 bridgehead atoms. The van der Waals surface area contributed by atoms with Crippen molar-refractivity contribution in [2.75, 3.05) is 25.0 Å². The van der Waals surface area contributed by atoms with E-state index in [0.29, 0.717) is 5.69 Å². The first-order valence-electron chi connectivity index (χ1n) is 7.25. The van der Waals surface area contributed by atoms with E-state index in [9.17, 15) is 9.18 Å². The van der Waals surface area contributed by atoms with Gasteiger partial charge in [-0.25, -0.2) is 9.18 Å². The molecule has 1 fully saturated rings. The van der Waals surface area contributed by atoms with Crippen LogP contribution in [0.2, 0.25) is 0 Å². The number of carbonyl (C=O) groups is 1. The Balaban J connectivity index is 0.00000242. The van der Waals surface area contributed by atoms with E-state index in [-0.39, 0.29) is 62.4 Å². The maximum atomic E-state index is 13.0. The number of rotatable bonds is 4. The van der Waals surface area contributed by atoms with Crippen LogP contribution in [0.3, 0.4) is 0 Å². The minimum absolute atomic E-state index is 0. The number of likely N-dealkylation sites (tertiary alicyclic amines) is 1. The predicted octanol–water partition coefficient (Wildman–Crippen LogP) is 0.158. The van der Waals surface area contributed by atoms with Gasteiger partial charge in [0.1, 0.15) is 11.9 Å². The van der Waals surface area contributed by atoms with Gasteiger partial charge < -0.3 is 17.4 Å². The summed E-state index contributed by atoms with van der Waals surface area (Å²) in [6.07, 6.45) is 2.36. The summed E-state index contributed by atoms with van der Waals surface area (Å²) in [5.41, 5.74) is 0.401. The summed E-state index contributed by atoms with van der Waals surface area (Å²) in [5, 5.41) is 2.58. The number of nitrogens with one attached hydrogen (secondary N) is 1. The zero-order valence-electron chi connectivity index (χ0n) is 13.1. The Morgan fingerprint density at radius 2 is 2.32 bits per heavy atom. The standard InChI is InChI=1S/C15H21FN2O2S.K/c1-2-7-18-8-3-4-12(10-18)20-15(19)17-13-6-5-11(16)9-14(13)21;/h5-6,9,12,21H,2-4,7-8,10H2,1H3,(H,17,19);/q;+1/p-1. The molecule has 1 aliphatic heterocycles. The quantitative estimate of drug-likeness (QED) is 0.620. The first-order valence-corrected chi connectivity index (χ1v) is 7.66. The van der Waals surface area contributed by atoms with E-state index >= 15 is 0 Å². The van der Waals surface area contributed by atoms with Crippen molar-refractivity contribution in [3.05, 3.63) is 24.0 Å². The van der Waals surface area contributed by atoms with Crippen LogP contribution < -0.4 is 56.7 Å². The van der Waals surface area contributed by atoms with Gasteiger partial charge in [-0.3, -0.25) is 10.2 Å². The second kappa shape index (κ2) is 10.2. The van der Waals surface area contributed by atoms with Gasteiger partial charge in [0.25, 0.3) is 0 Å². The summed E-state index contributed by atoms with van der Waals surface area (Å²) >= 11 is 5.00. The Hall–Kier alpha value is 0.236. The van der Waals surface area contributed by atoms with Crippen molar-refractivity contribution in [3.8, 4) is 0 Å². The largest absolute Gasteiger partial charge is 1.00 e. The third-order valence-corrected chi connectivity index (χ3v) is 3.79. The average Bonchev–Trinajstić information content (AvgIpc) is 2.43. The molecule has 1 unspecified atom stereocenters. The van der Waals surface area contributed by atoms with Crippen molar-refractivity contribution in [3.63, 3.8) is 0 Å². The Bertz CT molecular complexity index is 502. The second-order valence-electron chi connectivity index (χ2n) is 5.24. The molecule has 1 heterocycles. The molecule has 1 aromatic rings. The van der Waals surface area contributed by atoms with Crippen molar-refractivity contribution in [2.24, 2.45) is 0 Å². The van der Waals surface area contributed by atoms with Crippen LogP contribution >= 0.6 is 0 Å². The number of amides is 1. The molecule has 1 saturated heterocycles. The van der Waals surface area contributed by atoms with Gasteiger partial charge in [-0.2, -0.15) is 0 Å². The molecule has 2 rings (SSSR count). The number of ether oxygens (including phenoxy) is 1. The van der Waals surface area contributed by atoms with Gasteiger partial charge in [0.05, 0.1) is 0 Å². The van der Waals surface area contributed by atoms with Crippen LogP contribution in [-0.4, -0.2) is 36.7 Å². The first kappa shape index (κ1) is 20.3. The number of carbonyl (C=O) groups excluding carboxylic acids is 1. The first-order chi connectivity index (χ1) is 10.1. The van der Waals surface area contributed by atoms with Gasteiger partial charge >= 0.3 is 57.5 Å². The Morgan fingerprint density at radius 1 is 1.55 bits per heavy atom. The molecule has 1 aromatic carbocycles. The Morgan fingerprint density at radius 3 is 3.00 bits per heavy atom. The number of hydrogen-bond donors (Lipinski definition) is 1. The van der Waals surface area contributed by atoms with Crippen LogP contribution in [0.1, 0.15) is 26.2 Å². The van der Waals surface area contributed by atoms with Crippen LogP contribution in [0, 0.1) is 5.82 Å². The molecular weight excluding hydrogens is 330 g/mol. The molecular formula is C15H20FKN2O2S. The van der Waals surface area contributed by atoms with Crippen molar-refractivity contribution < 1.29 is 65.3 Å². The maximum Gasteiger partial charge on any atom is 1.00 e. The minimum atomic E-state index is -0.531. The summed E-state index contributed by atoms with van der Waals surface area (Å²) in [6, 6.07) is 3.91. The third-order valence-electron chi connectivity index (χ3n) is 3.46. The van der Waals surface area contributed by atoms with Crippen LogP contribution in [0.4, 0.5) is 14.9 Å². The molecule has 0 spiro atoms. The van der Waals surface area contributed by atoms with Crippen molar-refractivity contribution in [1.82, 2.24) is 4.90 Å². The van der Waals surface area contributed by atoms with Gasteiger partial charge in [-0.1, -0.05) is 6.92 Å². The van der Waals surface area contributed by atoms with Gasteiger partial charge in [0, 0.05) is 12.2 Å². The monoisotopic (exact) mass is 350 g/mol. The second-order valence-corrected chi connectivity index (χ2v) is 5.68. The topological polar surface area (TPSA) is 41.6 Å². The van der Waals surface area contributed by atoms with Gasteiger partial charge in [0.15, 0.2) is 0 Å². The number of piperidine rings is 1. The molecule has 0 aromatic heterocycles. The summed E-state index contributed by atoms with van der Waals surface area (Å²) in [5.74, 6) is -0.415. The summed E-state index contributed by atoms with van der Waals surface area (Å²) in [4.78, 5) is 14.5. The third kappa shape index (κ3) is 6.39. The zero-order valence-corrected chi connectivity index (χ0v) is 17.0. The molecule has 1 aliphatic rings. The van der Waals surface area contributed by atoms with Crippen molar-refractivity contribution >= 4 is 24.4 Å². The molecule has 0 aliphatic carbocycles. The summed E-state index contributed by atoms with van der Waals surface area (Å²) in [7, 11) is 0. The number of nitrogens with zero attached hydrogens (tertiary/aromatic N) is 1. The fourth-order valence-corrected chi connectivity index (χ4v) is 2.75. The van der Waals surface area contributed by atoms with E-state index in [4.69, 9.17) is 17.4 Å². The van der Waals surface area contributed by atoms with Crippen LogP contribution in [0.25, 0.3) is 0 Å². The smallest absolute Gasteiger partial charge is 0.778 e. The SMILES string of the molecule is CCCN1CCCC(OC(=O)Nc2ccc(F)cc2[S-])C1.[K+]. The van der Waals surface area contributed by atoms with Crippen LogP contribution in [-0.2, 0) is 17.4 Å². The van der Waals surface area contributed by atoms with E-state index in [1.807, 2.05) is 0 Å². The molecule has 7 heteroatoms. The molecule has 4 nitrogen and oxygen atoms in total. The molecule has 1 amide bonds. The Kier molecular flexibility index (Phi) is 9.38. The molecule has 1 atom stereocenters. The number of benzene rings is 1. The maximum absolute atomic E-state index is 13.0. The van der Waals surface area contributed by atoms with E-state index in [2.05, 4.69) is 17.1 Å². The van der Waals surface area contributed by atoms with E-state index < -0.39 is 11.9 Å². The van der Waals surface area contributed by atoms with Crippen molar-refractivity contribution in [1.29, 1.82) is 0 Å². The molecule has 0 saturated carbocycles. The van der Waals surface area contributed by atoms with Crippen molar-refractivity contribution in [2.45, 2.75) is 37.2 Å². The van der Waals surface area contributed by atoms with E-state index in [1.165, 1.54) is 18.2 Å². The number of halogens is 1. The fraction of sp³-hybridized carbons (Fsp3) is 0.533. The van der Waals surface area contributed by atoms with Gasteiger partial charge in [-0.05, 0) is 50.6 Å². The molecule has 0 radical (unpaired) electrons. The van der Waals surface area contributed by atoms with Gasteiger partial charge in [0.2, 0.25) is 0 Å². The summed E-state index contributed by atoms with van der Waals surface area (Å²) in [6.45, 7) is 4.99. The normalized spacial score (nSPS) is 18.4. The minimum Gasteiger partial charge on any atom is -0.778 e. The fourth-order valence-electron chi connectivity index (χ4n) is 2.52. The van der Waals surface area contributed by atoms with Crippen LogP contribution in [0.5, 0.6) is 0 Å². The average molecular weight is 351 g/mol. The molecule has 1 N–H and O–H groups in total. The number of hydrogen-bond acceptors (Lipinski definition) is 4. The molecule has 22 heavy (non-hydrogen) atoms. The van der Waals surface area contributed by atoms with E-state index in [1.54, 1.807) is 0 Å². The molecule has 116 valence electrons. The predicted molar refractivity (Wildman–Crippen MR) is 81.9 cm³/mol. The van der Waals surface area contributed by atoms with Gasteiger partial charge in [-0.15, -0.1) is 4.90 Å². The van der Waals surface area contributed by atoms with E-state index in [0.717, 1.165) is 38.9 Å².